The summed E-state index contributed by atoms with van der Waals surface area (Å²) in [5, 5.41) is 2.81. The monoisotopic (exact) mass is 173 g/mol. The molecule has 1 unspecified atom stereocenters. The van der Waals surface area contributed by atoms with Gasteiger partial charge in [0.25, 0.3) is 0 Å². The van der Waals surface area contributed by atoms with Crippen LogP contribution in [-0.2, 0) is 9.53 Å². The molecule has 0 spiro atoms. The Morgan fingerprint density at radius 2 is 2.00 bits per heavy atom. The molecule has 3 nitrogen and oxygen atoms in total. The van der Waals surface area contributed by atoms with Gasteiger partial charge in [-0.15, -0.1) is 0 Å². The van der Waals surface area contributed by atoms with E-state index in [0.717, 1.165) is 0 Å². The molecule has 0 aromatic heterocycles. The van der Waals surface area contributed by atoms with E-state index >= 15 is 0 Å². The summed E-state index contributed by atoms with van der Waals surface area (Å²) < 4.78 is 5.00. The van der Waals surface area contributed by atoms with E-state index in [4.69, 9.17) is 4.74 Å². The van der Waals surface area contributed by atoms with E-state index in [-0.39, 0.29) is 17.4 Å². The van der Waals surface area contributed by atoms with Crippen LogP contribution in [-0.4, -0.2) is 25.7 Å². The number of methoxy groups -OCH3 is 1. The number of carbonyl (C=O) groups excluding carboxylic acids is 1. The lowest BCUT2D eigenvalue weighted by atomic mass is 9.96. The molecule has 0 bridgehead atoms. The van der Waals surface area contributed by atoms with Crippen LogP contribution in [0.25, 0.3) is 0 Å². The first-order chi connectivity index (χ1) is 5.38. The Morgan fingerprint density at radius 3 is 2.33 bits per heavy atom. The lowest BCUT2D eigenvalue weighted by Gasteiger charge is -2.19. The minimum absolute atomic E-state index is 0.0615. The lowest BCUT2D eigenvalue weighted by molar-refractivity contribution is -0.129. The highest BCUT2D eigenvalue weighted by molar-refractivity contribution is 5.81. The Hall–Kier alpha value is -0.570. The van der Waals surface area contributed by atoms with Gasteiger partial charge in [-0.05, 0) is 6.92 Å². The predicted octanol–water partition coefficient (Wildman–Crippen LogP) is 1.18. The molecular formula is C9H19NO2. The maximum absolute atomic E-state index is 11.3. The minimum Gasteiger partial charge on any atom is -0.380 e. The summed E-state index contributed by atoms with van der Waals surface area (Å²) in [6.45, 7) is 8.16. The van der Waals surface area contributed by atoms with Crippen LogP contribution in [0, 0.1) is 5.41 Å². The molecule has 12 heavy (non-hydrogen) atoms. The van der Waals surface area contributed by atoms with E-state index < -0.39 is 0 Å². The Morgan fingerprint density at radius 1 is 1.50 bits per heavy atom. The quantitative estimate of drug-likeness (QED) is 0.696. The standard InChI is InChI=1S/C9H19NO2/c1-7(12-5)6-10-8(11)9(2,3)4/h7H,6H2,1-5H3,(H,10,11). The van der Waals surface area contributed by atoms with Gasteiger partial charge >= 0.3 is 0 Å². The fourth-order valence-corrected chi connectivity index (χ4v) is 0.585. The second kappa shape index (κ2) is 4.45. The second-order valence-electron chi connectivity index (χ2n) is 4.01. The third-order valence-electron chi connectivity index (χ3n) is 1.63. The van der Waals surface area contributed by atoms with Gasteiger partial charge < -0.3 is 10.1 Å². The minimum atomic E-state index is -0.312. The summed E-state index contributed by atoms with van der Waals surface area (Å²) in [6, 6.07) is 0. The molecule has 0 aromatic rings. The fourth-order valence-electron chi connectivity index (χ4n) is 0.585. The van der Waals surface area contributed by atoms with Gasteiger partial charge in [0.15, 0.2) is 0 Å². The van der Waals surface area contributed by atoms with Gasteiger partial charge in [0.05, 0.1) is 6.10 Å². The van der Waals surface area contributed by atoms with E-state index in [2.05, 4.69) is 5.32 Å². The number of amides is 1. The zero-order chi connectivity index (χ0) is 9.78. The number of hydrogen-bond donors (Lipinski definition) is 1. The number of rotatable bonds is 3. The van der Waals surface area contributed by atoms with Crippen molar-refractivity contribution in [2.24, 2.45) is 5.41 Å². The molecule has 1 atom stereocenters. The summed E-state index contributed by atoms with van der Waals surface area (Å²) in [5.41, 5.74) is -0.312. The van der Waals surface area contributed by atoms with E-state index in [1.54, 1.807) is 7.11 Å². The van der Waals surface area contributed by atoms with Crippen molar-refractivity contribution in [2.45, 2.75) is 33.8 Å². The van der Waals surface area contributed by atoms with Crippen LogP contribution in [0.3, 0.4) is 0 Å². The van der Waals surface area contributed by atoms with Crippen molar-refractivity contribution >= 4 is 5.91 Å². The Labute approximate surface area is 74.5 Å². The van der Waals surface area contributed by atoms with Crippen LogP contribution in [0.5, 0.6) is 0 Å². The molecule has 0 radical (unpaired) electrons. The molecule has 1 amide bonds. The van der Waals surface area contributed by atoms with Gasteiger partial charge in [-0.3, -0.25) is 4.79 Å². The molecular weight excluding hydrogens is 154 g/mol. The fraction of sp³-hybridized carbons (Fsp3) is 0.889. The Balaban J connectivity index is 3.73. The van der Waals surface area contributed by atoms with Crippen molar-refractivity contribution in [3.8, 4) is 0 Å². The summed E-state index contributed by atoms with van der Waals surface area (Å²) in [6.07, 6.45) is 0.0799. The molecule has 0 fully saturated rings. The normalized spacial score (nSPS) is 14.1. The van der Waals surface area contributed by atoms with Crippen molar-refractivity contribution in [1.82, 2.24) is 5.32 Å². The highest BCUT2D eigenvalue weighted by atomic mass is 16.5. The number of nitrogens with one attached hydrogen (secondary N) is 1. The van der Waals surface area contributed by atoms with Gasteiger partial charge in [0, 0.05) is 19.1 Å². The number of ether oxygens (including phenoxy) is 1. The molecule has 0 saturated carbocycles. The molecule has 0 aliphatic rings. The van der Waals surface area contributed by atoms with Crippen LogP contribution in [0.4, 0.5) is 0 Å². The van der Waals surface area contributed by atoms with Gasteiger partial charge in [0.1, 0.15) is 0 Å². The van der Waals surface area contributed by atoms with E-state index in [0.29, 0.717) is 6.54 Å². The molecule has 0 rings (SSSR count). The average Bonchev–Trinajstić information content (AvgIpc) is 1.97. The van der Waals surface area contributed by atoms with Crippen molar-refractivity contribution in [3.05, 3.63) is 0 Å². The van der Waals surface area contributed by atoms with Gasteiger partial charge in [0.2, 0.25) is 5.91 Å². The Kier molecular flexibility index (Phi) is 4.24. The largest absolute Gasteiger partial charge is 0.380 e. The van der Waals surface area contributed by atoms with E-state index in [1.165, 1.54) is 0 Å². The first kappa shape index (κ1) is 11.4. The van der Waals surface area contributed by atoms with Gasteiger partial charge in [-0.1, -0.05) is 20.8 Å². The number of carbonyl (C=O) groups is 1. The average molecular weight is 173 g/mol. The summed E-state index contributed by atoms with van der Waals surface area (Å²) >= 11 is 0. The topological polar surface area (TPSA) is 38.3 Å². The highest BCUT2D eigenvalue weighted by Crippen LogP contribution is 2.12. The van der Waals surface area contributed by atoms with Crippen molar-refractivity contribution in [1.29, 1.82) is 0 Å². The molecule has 0 heterocycles. The molecule has 0 aliphatic carbocycles. The smallest absolute Gasteiger partial charge is 0.225 e. The predicted molar refractivity (Wildman–Crippen MR) is 48.9 cm³/mol. The van der Waals surface area contributed by atoms with Crippen LogP contribution in [0.1, 0.15) is 27.7 Å². The van der Waals surface area contributed by atoms with E-state index in [1.807, 2.05) is 27.7 Å². The highest BCUT2D eigenvalue weighted by Gasteiger charge is 2.20. The number of hydrogen-bond acceptors (Lipinski definition) is 2. The van der Waals surface area contributed by atoms with E-state index in [9.17, 15) is 4.79 Å². The molecule has 1 N–H and O–H groups in total. The lowest BCUT2D eigenvalue weighted by Crippen LogP contribution is -2.38. The maximum Gasteiger partial charge on any atom is 0.225 e. The van der Waals surface area contributed by atoms with Crippen molar-refractivity contribution < 1.29 is 9.53 Å². The third kappa shape index (κ3) is 4.34. The molecule has 0 aromatic carbocycles. The van der Waals surface area contributed by atoms with Gasteiger partial charge in [-0.2, -0.15) is 0 Å². The molecule has 0 saturated heterocycles. The Bertz CT molecular complexity index is 149. The molecule has 72 valence electrons. The third-order valence-corrected chi connectivity index (χ3v) is 1.63. The van der Waals surface area contributed by atoms with Crippen LogP contribution in [0.2, 0.25) is 0 Å². The van der Waals surface area contributed by atoms with Crippen molar-refractivity contribution in [2.75, 3.05) is 13.7 Å². The summed E-state index contributed by atoms with van der Waals surface area (Å²) in [4.78, 5) is 11.3. The van der Waals surface area contributed by atoms with Crippen molar-refractivity contribution in [3.63, 3.8) is 0 Å². The summed E-state index contributed by atoms with van der Waals surface area (Å²) in [7, 11) is 1.63. The van der Waals surface area contributed by atoms with Crippen LogP contribution >= 0.6 is 0 Å². The van der Waals surface area contributed by atoms with Crippen LogP contribution in [0.15, 0.2) is 0 Å². The first-order valence-electron chi connectivity index (χ1n) is 4.19. The second-order valence-corrected chi connectivity index (χ2v) is 4.01. The zero-order valence-corrected chi connectivity index (χ0v) is 8.60. The zero-order valence-electron chi connectivity index (χ0n) is 8.60. The molecule has 0 aliphatic heterocycles. The molecule has 3 heteroatoms. The van der Waals surface area contributed by atoms with Crippen LogP contribution < -0.4 is 5.32 Å². The SMILES string of the molecule is COC(C)CNC(=O)C(C)(C)C. The first-order valence-corrected chi connectivity index (χ1v) is 4.19. The summed E-state index contributed by atoms with van der Waals surface area (Å²) in [5.74, 6) is 0.0615. The maximum atomic E-state index is 11.3. The van der Waals surface area contributed by atoms with Gasteiger partial charge in [-0.25, -0.2) is 0 Å².